The van der Waals surface area contributed by atoms with Crippen LogP contribution in [0.15, 0.2) is 48.6 Å². The number of likely N-dealkylation sites (N-methyl/N-ethyl adjacent to an activating group) is 1. The Morgan fingerprint density at radius 2 is 1.26 bits per heavy atom. The lowest BCUT2D eigenvalue weighted by Crippen LogP contribution is -2.51. The molecule has 178 valence electrons. The number of aliphatic carboxylic acids is 1. The van der Waals surface area contributed by atoms with Crippen molar-refractivity contribution in [2.45, 2.75) is 89.6 Å². The quantitative estimate of drug-likeness (QED) is 0.175. The summed E-state index contributed by atoms with van der Waals surface area (Å²) in [6, 6.07) is 0. The second-order valence-electron chi connectivity index (χ2n) is 9.56. The number of carbonyl (C=O) groups excluding carboxylic acids is 1. The van der Waals surface area contributed by atoms with E-state index in [0.29, 0.717) is 17.4 Å². The molecule has 4 heteroatoms. The van der Waals surface area contributed by atoms with Gasteiger partial charge in [-0.3, -0.25) is 0 Å². The summed E-state index contributed by atoms with van der Waals surface area (Å²) in [6.45, 7) is 2.64. The number of carboxylic acids is 1. The van der Waals surface area contributed by atoms with E-state index in [-0.39, 0.29) is 6.42 Å². The van der Waals surface area contributed by atoms with Gasteiger partial charge in [0, 0.05) is 12.4 Å². The van der Waals surface area contributed by atoms with Crippen molar-refractivity contribution in [2.75, 3.05) is 27.7 Å². The van der Waals surface area contributed by atoms with E-state index in [4.69, 9.17) is 0 Å². The van der Waals surface area contributed by atoms with Crippen molar-refractivity contribution in [2.24, 2.45) is 0 Å². The first-order valence-corrected chi connectivity index (χ1v) is 12.0. The van der Waals surface area contributed by atoms with E-state index in [0.717, 1.165) is 38.5 Å². The van der Waals surface area contributed by atoms with Crippen LogP contribution < -0.4 is 5.11 Å². The number of unbranched alkanes of at least 4 members (excludes halogenated alkanes) is 5. The van der Waals surface area contributed by atoms with E-state index in [1.165, 1.54) is 25.7 Å². The van der Waals surface area contributed by atoms with Crippen LogP contribution in [0.2, 0.25) is 0 Å². The highest BCUT2D eigenvalue weighted by atomic mass is 16.4. The largest absolute Gasteiger partial charge is 0.550 e. The molecule has 0 heterocycles. The Morgan fingerprint density at radius 1 is 0.806 bits per heavy atom. The zero-order chi connectivity index (χ0) is 23.4. The van der Waals surface area contributed by atoms with Crippen molar-refractivity contribution in [3.05, 3.63) is 48.6 Å². The van der Waals surface area contributed by atoms with Gasteiger partial charge >= 0.3 is 0 Å². The van der Waals surface area contributed by atoms with Crippen LogP contribution in [-0.4, -0.2) is 48.8 Å². The predicted molar refractivity (Wildman–Crippen MR) is 130 cm³/mol. The van der Waals surface area contributed by atoms with E-state index < -0.39 is 11.6 Å². The second kappa shape index (κ2) is 18.0. The molecule has 0 aromatic carbocycles. The minimum Gasteiger partial charge on any atom is -0.550 e. The Morgan fingerprint density at radius 3 is 1.68 bits per heavy atom. The molecular weight excluding hydrogens is 386 g/mol. The molecule has 0 fully saturated rings. The number of aliphatic hydroxyl groups is 1. The number of carboxylic acid groups (broad SMARTS) is 1. The van der Waals surface area contributed by atoms with Gasteiger partial charge in [0.15, 0.2) is 0 Å². The average molecular weight is 434 g/mol. The molecule has 0 saturated heterocycles. The smallest absolute Gasteiger partial charge is 0.119 e. The van der Waals surface area contributed by atoms with E-state index >= 15 is 0 Å². The maximum Gasteiger partial charge on any atom is 0.119 e. The lowest BCUT2D eigenvalue weighted by molar-refractivity contribution is -0.877. The van der Waals surface area contributed by atoms with E-state index in [1.54, 1.807) is 0 Å². The summed E-state index contributed by atoms with van der Waals surface area (Å²) < 4.78 is 0.529. The third kappa shape index (κ3) is 21.4. The van der Waals surface area contributed by atoms with Gasteiger partial charge in [0.2, 0.25) is 0 Å². The Hall–Kier alpha value is -1.65. The van der Waals surface area contributed by atoms with Crippen LogP contribution in [0.25, 0.3) is 0 Å². The maximum atomic E-state index is 11.0. The summed E-state index contributed by atoms with van der Waals surface area (Å²) in [5, 5.41) is 21.7. The van der Waals surface area contributed by atoms with Crippen LogP contribution in [0.4, 0.5) is 0 Å². The topological polar surface area (TPSA) is 60.4 Å². The van der Waals surface area contributed by atoms with Gasteiger partial charge < -0.3 is 19.5 Å². The summed E-state index contributed by atoms with van der Waals surface area (Å²) in [5.74, 6) is -1.18. The lowest BCUT2D eigenvalue weighted by Gasteiger charge is -2.36. The van der Waals surface area contributed by atoms with E-state index in [1.807, 2.05) is 21.1 Å². The van der Waals surface area contributed by atoms with Crippen molar-refractivity contribution in [3.8, 4) is 0 Å². The fraction of sp³-hybridized carbons (Fsp3) is 0.667. The summed E-state index contributed by atoms with van der Waals surface area (Å²) in [7, 11) is 5.87. The molecular formula is C27H47NO3. The maximum absolute atomic E-state index is 11.0. The van der Waals surface area contributed by atoms with Gasteiger partial charge in [0.25, 0.3) is 0 Å². The lowest BCUT2D eigenvalue weighted by atomic mass is 9.91. The molecule has 0 aromatic rings. The third-order valence-electron chi connectivity index (χ3n) is 4.96. The van der Waals surface area contributed by atoms with Gasteiger partial charge in [-0.05, 0) is 51.4 Å². The van der Waals surface area contributed by atoms with Crippen LogP contribution in [0.5, 0.6) is 0 Å². The Labute approximate surface area is 191 Å². The molecule has 4 nitrogen and oxygen atoms in total. The standard InChI is InChI=1S/C27H47NO3/c1-5-6-7-8-9-10-11-12-13-14-15-16-17-18-19-20-21-22-23-27(31,24-26(29)30)25-28(2,3)4/h9-10,12-13,15-16,18-19,31H,5-8,11,14,17,20-25H2,1-4H3/b10-9-,13-12-,16-15-,19-18-. The number of nitrogens with zero attached hydrogens (tertiary/aromatic N) is 1. The van der Waals surface area contributed by atoms with Gasteiger partial charge in [-0.25, -0.2) is 0 Å². The molecule has 0 amide bonds. The van der Waals surface area contributed by atoms with Crippen LogP contribution in [0, 0.1) is 0 Å². The van der Waals surface area contributed by atoms with Gasteiger partial charge in [0.1, 0.15) is 12.1 Å². The number of quaternary nitrogens is 1. The minimum absolute atomic E-state index is 0.299. The Kier molecular flexibility index (Phi) is 17.0. The Bertz CT molecular complexity index is 570. The molecule has 0 aliphatic carbocycles. The number of hydrogen-bond acceptors (Lipinski definition) is 3. The highest BCUT2D eigenvalue weighted by Crippen LogP contribution is 2.22. The van der Waals surface area contributed by atoms with Crippen molar-refractivity contribution in [1.82, 2.24) is 0 Å². The Balaban J connectivity index is 3.88. The molecule has 0 aliphatic rings. The third-order valence-corrected chi connectivity index (χ3v) is 4.96. The van der Waals surface area contributed by atoms with Crippen molar-refractivity contribution < 1.29 is 19.5 Å². The molecule has 0 radical (unpaired) electrons. The average Bonchev–Trinajstić information content (AvgIpc) is 2.65. The normalized spacial score (nSPS) is 15.0. The molecule has 0 aromatic heterocycles. The van der Waals surface area contributed by atoms with Gasteiger partial charge in [0.05, 0.1) is 21.1 Å². The molecule has 31 heavy (non-hydrogen) atoms. The van der Waals surface area contributed by atoms with Gasteiger partial charge in [-0.15, -0.1) is 0 Å². The fourth-order valence-electron chi connectivity index (χ4n) is 3.65. The minimum atomic E-state index is -1.19. The molecule has 0 aliphatic heterocycles. The highest BCUT2D eigenvalue weighted by molar-refractivity contribution is 5.65. The number of hydrogen-bond donors (Lipinski definition) is 1. The van der Waals surface area contributed by atoms with E-state index in [2.05, 4.69) is 55.5 Å². The molecule has 1 atom stereocenters. The van der Waals surface area contributed by atoms with Gasteiger partial charge in [-0.1, -0.05) is 74.8 Å². The summed E-state index contributed by atoms with van der Waals surface area (Å²) in [6.07, 6.45) is 28.6. The second-order valence-corrected chi connectivity index (χ2v) is 9.56. The predicted octanol–water partition coefficient (Wildman–Crippen LogP) is 5.10. The van der Waals surface area contributed by atoms with Crippen LogP contribution >= 0.6 is 0 Å². The van der Waals surface area contributed by atoms with Crippen molar-refractivity contribution >= 4 is 5.97 Å². The monoisotopic (exact) mass is 433 g/mol. The zero-order valence-corrected chi connectivity index (χ0v) is 20.5. The molecule has 1 N–H and O–H groups in total. The van der Waals surface area contributed by atoms with Gasteiger partial charge in [-0.2, -0.15) is 0 Å². The SMILES string of the molecule is CCCCC/C=C\C/C=C\C/C=C\C/C=C\CCCCC(O)(CC(=O)[O-])C[N+](C)(C)C. The van der Waals surface area contributed by atoms with E-state index in [9.17, 15) is 15.0 Å². The molecule has 0 saturated carbocycles. The van der Waals surface area contributed by atoms with Crippen LogP contribution in [0.1, 0.15) is 84.0 Å². The molecule has 1 unspecified atom stereocenters. The number of rotatable bonds is 19. The highest BCUT2D eigenvalue weighted by Gasteiger charge is 2.33. The summed E-state index contributed by atoms with van der Waals surface area (Å²) in [4.78, 5) is 11.0. The molecule has 0 spiro atoms. The van der Waals surface area contributed by atoms with Crippen molar-refractivity contribution in [3.63, 3.8) is 0 Å². The van der Waals surface area contributed by atoms with Crippen LogP contribution in [0.3, 0.4) is 0 Å². The fourth-order valence-corrected chi connectivity index (χ4v) is 3.65. The summed E-state index contributed by atoms with van der Waals surface area (Å²) in [5.41, 5.74) is -1.19. The summed E-state index contributed by atoms with van der Waals surface area (Å²) >= 11 is 0. The zero-order valence-electron chi connectivity index (χ0n) is 20.5. The number of carbonyl (C=O) groups is 1. The van der Waals surface area contributed by atoms with Crippen LogP contribution in [-0.2, 0) is 4.79 Å². The van der Waals surface area contributed by atoms with Crippen molar-refractivity contribution in [1.29, 1.82) is 0 Å². The first kappa shape index (κ1) is 29.4. The first-order chi connectivity index (χ1) is 14.7. The molecule has 0 bridgehead atoms. The first-order valence-electron chi connectivity index (χ1n) is 12.0. The number of allylic oxidation sites excluding steroid dienone is 8. The molecule has 0 rings (SSSR count).